The van der Waals surface area contributed by atoms with Gasteiger partial charge in [-0.3, -0.25) is 4.90 Å². The van der Waals surface area contributed by atoms with Gasteiger partial charge in [-0.1, -0.05) is 0 Å². The maximum Gasteiger partial charge on any atom is 0.122 e. The second-order valence-corrected chi connectivity index (χ2v) is 5.04. The number of likely N-dealkylation sites (tertiary alicyclic amines) is 1. The lowest BCUT2D eigenvalue weighted by atomic mass is 10.2. The van der Waals surface area contributed by atoms with Gasteiger partial charge in [-0.15, -0.1) is 0 Å². The predicted octanol–water partition coefficient (Wildman–Crippen LogP) is 1.13. The summed E-state index contributed by atoms with van der Waals surface area (Å²) in [7, 11) is 6.28. The van der Waals surface area contributed by atoms with Gasteiger partial charge in [-0.05, 0) is 33.6 Å². The Kier molecular flexibility index (Phi) is 4.20. The molecule has 4 nitrogen and oxygen atoms in total. The van der Waals surface area contributed by atoms with Crippen molar-refractivity contribution in [1.82, 2.24) is 15.1 Å². The molecule has 0 saturated carbocycles. The molecular weight excluding hydrogens is 214 g/mol. The van der Waals surface area contributed by atoms with Crippen molar-refractivity contribution in [1.29, 1.82) is 0 Å². The molecule has 1 aliphatic heterocycles. The van der Waals surface area contributed by atoms with Crippen LogP contribution in [-0.2, 0) is 13.1 Å². The van der Waals surface area contributed by atoms with Crippen LogP contribution in [-0.4, -0.2) is 50.1 Å². The van der Waals surface area contributed by atoms with Gasteiger partial charge in [0.05, 0.1) is 12.8 Å². The molecule has 1 unspecified atom stereocenters. The molecule has 1 atom stereocenters. The van der Waals surface area contributed by atoms with Crippen LogP contribution < -0.4 is 5.32 Å². The van der Waals surface area contributed by atoms with Gasteiger partial charge >= 0.3 is 0 Å². The summed E-state index contributed by atoms with van der Waals surface area (Å²) in [6.45, 7) is 4.18. The molecule has 17 heavy (non-hydrogen) atoms. The van der Waals surface area contributed by atoms with E-state index in [-0.39, 0.29) is 0 Å². The lowest BCUT2D eigenvalue weighted by Crippen LogP contribution is -2.31. The van der Waals surface area contributed by atoms with E-state index in [1.54, 1.807) is 6.26 Å². The van der Waals surface area contributed by atoms with E-state index >= 15 is 0 Å². The van der Waals surface area contributed by atoms with Crippen molar-refractivity contribution in [3.05, 3.63) is 23.7 Å². The third-order valence-corrected chi connectivity index (χ3v) is 3.55. The molecule has 4 heteroatoms. The second kappa shape index (κ2) is 5.67. The smallest absolute Gasteiger partial charge is 0.122 e. The van der Waals surface area contributed by atoms with Gasteiger partial charge in [0.15, 0.2) is 0 Å². The van der Waals surface area contributed by atoms with Gasteiger partial charge in [-0.25, -0.2) is 0 Å². The topological polar surface area (TPSA) is 31.7 Å². The fraction of sp³-hybridized carbons (Fsp3) is 0.692. The summed E-state index contributed by atoms with van der Waals surface area (Å²) in [5.74, 6) is 1.07. The first-order chi connectivity index (χ1) is 8.20. The molecule has 1 aromatic heterocycles. The molecule has 0 aliphatic carbocycles. The van der Waals surface area contributed by atoms with E-state index in [4.69, 9.17) is 4.42 Å². The zero-order valence-corrected chi connectivity index (χ0v) is 11.1. The van der Waals surface area contributed by atoms with Crippen molar-refractivity contribution in [2.24, 2.45) is 0 Å². The summed E-state index contributed by atoms with van der Waals surface area (Å²) >= 11 is 0. The maximum atomic E-state index is 5.49. The lowest BCUT2D eigenvalue weighted by molar-refractivity contribution is 0.263. The Balaban J connectivity index is 1.91. The fourth-order valence-corrected chi connectivity index (χ4v) is 2.44. The maximum absolute atomic E-state index is 5.49. The molecule has 0 radical (unpaired) electrons. The predicted molar refractivity (Wildman–Crippen MR) is 68.8 cm³/mol. The Bertz CT molecular complexity index is 348. The summed E-state index contributed by atoms with van der Waals surface area (Å²) in [6, 6.07) is 2.80. The van der Waals surface area contributed by atoms with Gasteiger partial charge in [-0.2, -0.15) is 0 Å². The van der Waals surface area contributed by atoms with Gasteiger partial charge in [0, 0.05) is 31.2 Å². The first-order valence-corrected chi connectivity index (χ1v) is 6.29. The number of hydrogen-bond donors (Lipinski definition) is 1. The molecule has 96 valence electrons. The second-order valence-electron chi connectivity index (χ2n) is 5.04. The first-order valence-electron chi connectivity index (χ1n) is 6.29. The molecule has 0 spiro atoms. The number of hydrogen-bond acceptors (Lipinski definition) is 4. The summed E-state index contributed by atoms with van der Waals surface area (Å²) in [4.78, 5) is 4.83. The summed E-state index contributed by atoms with van der Waals surface area (Å²) in [6.07, 6.45) is 3.06. The molecule has 0 aromatic carbocycles. The van der Waals surface area contributed by atoms with Crippen LogP contribution in [0, 0.1) is 0 Å². The molecule has 2 heterocycles. The van der Waals surface area contributed by atoms with Crippen LogP contribution >= 0.6 is 0 Å². The molecule has 2 rings (SSSR count). The van der Waals surface area contributed by atoms with Gasteiger partial charge in [0.2, 0.25) is 0 Å². The first kappa shape index (κ1) is 12.6. The van der Waals surface area contributed by atoms with Crippen molar-refractivity contribution < 1.29 is 4.42 Å². The quantitative estimate of drug-likeness (QED) is 0.832. The van der Waals surface area contributed by atoms with Crippen LogP contribution in [0.4, 0.5) is 0 Å². The molecular formula is C13H23N3O. The standard InChI is InChI=1S/C13H23N3O/c1-14-8-13-11(5-7-17-13)9-16-6-4-12(10-16)15(2)3/h5,7,12,14H,4,6,8-10H2,1-3H3. The van der Waals surface area contributed by atoms with Crippen molar-refractivity contribution >= 4 is 0 Å². The molecule has 1 aliphatic rings. The number of rotatable bonds is 5. The highest BCUT2D eigenvalue weighted by Gasteiger charge is 2.24. The normalized spacial score (nSPS) is 21.5. The van der Waals surface area contributed by atoms with E-state index in [1.807, 2.05) is 7.05 Å². The monoisotopic (exact) mass is 237 g/mol. The van der Waals surface area contributed by atoms with Crippen LogP contribution in [0.1, 0.15) is 17.7 Å². The highest BCUT2D eigenvalue weighted by atomic mass is 16.3. The van der Waals surface area contributed by atoms with E-state index in [0.717, 1.165) is 25.4 Å². The van der Waals surface area contributed by atoms with E-state index in [0.29, 0.717) is 6.04 Å². The Labute approximate surface area is 104 Å². The Hall–Kier alpha value is -0.840. The van der Waals surface area contributed by atoms with E-state index in [1.165, 1.54) is 18.5 Å². The molecule has 0 amide bonds. The SMILES string of the molecule is CNCc1occc1CN1CCC(N(C)C)C1. The Morgan fingerprint density at radius 3 is 3.00 bits per heavy atom. The van der Waals surface area contributed by atoms with Crippen molar-refractivity contribution in [2.45, 2.75) is 25.6 Å². The summed E-state index contributed by atoms with van der Waals surface area (Å²) in [5, 5.41) is 3.14. The Morgan fingerprint density at radius 1 is 1.53 bits per heavy atom. The highest BCUT2D eigenvalue weighted by Crippen LogP contribution is 2.19. The van der Waals surface area contributed by atoms with Crippen molar-refractivity contribution in [3.63, 3.8) is 0 Å². The average Bonchev–Trinajstić information content (AvgIpc) is 2.90. The van der Waals surface area contributed by atoms with Crippen molar-refractivity contribution in [3.8, 4) is 0 Å². The zero-order chi connectivity index (χ0) is 12.3. The zero-order valence-electron chi connectivity index (χ0n) is 11.1. The van der Waals surface area contributed by atoms with Crippen LogP contribution in [0.2, 0.25) is 0 Å². The number of nitrogens with zero attached hydrogens (tertiary/aromatic N) is 2. The number of furan rings is 1. The lowest BCUT2D eigenvalue weighted by Gasteiger charge is -2.20. The third-order valence-electron chi connectivity index (χ3n) is 3.55. The molecule has 1 saturated heterocycles. The van der Waals surface area contributed by atoms with Crippen LogP contribution in [0.5, 0.6) is 0 Å². The highest BCUT2D eigenvalue weighted by molar-refractivity contribution is 5.17. The van der Waals surface area contributed by atoms with Crippen molar-refractivity contribution in [2.75, 3.05) is 34.2 Å². The van der Waals surface area contributed by atoms with Gasteiger partial charge in [0.25, 0.3) is 0 Å². The van der Waals surface area contributed by atoms with Crippen LogP contribution in [0.3, 0.4) is 0 Å². The average molecular weight is 237 g/mol. The summed E-state index contributed by atoms with van der Waals surface area (Å²) < 4.78 is 5.49. The summed E-state index contributed by atoms with van der Waals surface area (Å²) in [5.41, 5.74) is 1.32. The Morgan fingerprint density at radius 2 is 2.35 bits per heavy atom. The van der Waals surface area contributed by atoms with Crippen LogP contribution in [0.15, 0.2) is 16.7 Å². The third kappa shape index (κ3) is 3.09. The molecule has 0 bridgehead atoms. The number of nitrogens with one attached hydrogen (secondary N) is 1. The van der Waals surface area contributed by atoms with E-state index < -0.39 is 0 Å². The van der Waals surface area contributed by atoms with Crippen LogP contribution in [0.25, 0.3) is 0 Å². The van der Waals surface area contributed by atoms with Gasteiger partial charge < -0.3 is 14.6 Å². The number of likely N-dealkylation sites (N-methyl/N-ethyl adjacent to an activating group) is 1. The fourth-order valence-electron chi connectivity index (χ4n) is 2.44. The largest absolute Gasteiger partial charge is 0.468 e. The van der Waals surface area contributed by atoms with Gasteiger partial charge in [0.1, 0.15) is 5.76 Å². The van der Waals surface area contributed by atoms with E-state index in [2.05, 4.69) is 35.3 Å². The minimum atomic E-state index is 0.703. The minimum Gasteiger partial charge on any atom is -0.468 e. The molecule has 1 fully saturated rings. The molecule has 1 N–H and O–H groups in total. The van der Waals surface area contributed by atoms with E-state index in [9.17, 15) is 0 Å². The minimum absolute atomic E-state index is 0.703. The molecule has 1 aromatic rings.